The van der Waals surface area contributed by atoms with Gasteiger partial charge in [-0.2, -0.15) is 0 Å². The van der Waals surface area contributed by atoms with E-state index in [-0.39, 0.29) is 6.10 Å². The molecule has 21 heavy (non-hydrogen) atoms. The molecule has 0 bridgehead atoms. The van der Waals surface area contributed by atoms with Crippen LogP contribution in [0.5, 0.6) is 0 Å². The highest BCUT2D eigenvalue weighted by Gasteiger charge is 2.09. The van der Waals surface area contributed by atoms with E-state index >= 15 is 0 Å². The van der Waals surface area contributed by atoms with Gasteiger partial charge in [-0.3, -0.25) is 4.90 Å². The van der Waals surface area contributed by atoms with Crippen molar-refractivity contribution in [1.29, 1.82) is 0 Å². The largest absolute Gasteiger partial charge is 0.389 e. The third-order valence-electron chi connectivity index (χ3n) is 2.85. The van der Waals surface area contributed by atoms with Crippen LogP contribution in [0.15, 0.2) is 24.3 Å². The average molecular weight is 316 g/mol. The van der Waals surface area contributed by atoms with Crippen LogP contribution in [0, 0.1) is 0 Å². The number of benzene rings is 1. The molecule has 1 rings (SSSR count). The molecular weight excluding hydrogens is 290 g/mol. The van der Waals surface area contributed by atoms with Gasteiger partial charge in [-0.15, -0.1) is 0 Å². The van der Waals surface area contributed by atoms with Crippen LogP contribution in [0.2, 0.25) is 5.02 Å². The Bertz CT molecular complexity index is 401. The summed E-state index contributed by atoms with van der Waals surface area (Å²) in [4.78, 5) is 2.05. The van der Waals surface area contributed by atoms with E-state index in [1.54, 1.807) is 0 Å². The van der Waals surface area contributed by atoms with Gasteiger partial charge in [-0.05, 0) is 38.6 Å². The van der Waals surface area contributed by atoms with E-state index in [2.05, 4.69) is 0 Å². The SMILES string of the molecule is CC(C)OCCOC[C@@H](O)CN(C)Cc1cccc(Cl)c1. The molecule has 0 aliphatic rings. The van der Waals surface area contributed by atoms with Crippen LogP contribution in [0.4, 0.5) is 0 Å². The Labute approximate surface area is 132 Å². The summed E-state index contributed by atoms with van der Waals surface area (Å²) < 4.78 is 10.8. The minimum Gasteiger partial charge on any atom is -0.389 e. The Balaban J connectivity index is 2.17. The Morgan fingerprint density at radius 2 is 2.05 bits per heavy atom. The summed E-state index contributed by atoms with van der Waals surface area (Å²) in [5.74, 6) is 0. The van der Waals surface area contributed by atoms with Gasteiger partial charge in [0, 0.05) is 18.1 Å². The molecule has 0 saturated carbocycles. The maximum Gasteiger partial charge on any atom is 0.0900 e. The summed E-state index contributed by atoms with van der Waals surface area (Å²) in [6.07, 6.45) is -0.296. The molecule has 1 aromatic carbocycles. The fraction of sp³-hybridized carbons (Fsp3) is 0.625. The number of hydrogen-bond donors (Lipinski definition) is 1. The van der Waals surface area contributed by atoms with Crippen molar-refractivity contribution < 1.29 is 14.6 Å². The number of hydrogen-bond acceptors (Lipinski definition) is 4. The van der Waals surface area contributed by atoms with Crippen molar-refractivity contribution in [1.82, 2.24) is 4.90 Å². The number of rotatable bonds is 10. The molecular formula is C16H26ClNO3. The third kappa shape index (κ3) is 9.06. The van der Waals surface area contributed by atoms with Gasteiger partial charge < -0.3 is 14.6 Å². The molecule has 1 atom stereocenters. The average Bonchev–Trinajstić information content (AvgIpc) is 2.37. The summed E-state index contributed by atoms with van der Waals surface area (Å²) in [5.41, 5.74) is 1.13. The lowest BCUT2D eigenvalue weighted by Crippen LogP contribution is -2.32. The number of nitrogens with zero attached hydrogens (tertiary/aromatic N) is 1. The number of likely N-dealkylation sites (N-methyl/N-ethyl adjacent to an activating group) is 1. The van der Waals surface area contributed by atoms with Crippen LogP contribution in [0.1, 0.15) is 19.4 Å². The van der Waals surface area contributed by atoms with E-state index in [0.29, 0.717) is 26.4 Å². The van der Waals surface area contributed by atoms with Crippen LogP contribution >= 0.6 is 11.6 Å². The number of aliphatic hydroxyl groups excluding tert-OH is 1. The second kappa shape index (κ2) is 10.1. The van der Waals surface area contributed by atoms with E-state index in [9.17, 15) is 5.11 Å². The van der Waals surface area contributed by atoms with Crippen LogP contribution in [-0.2, 0) is 16.0 Å². The van der Waals surface area contributed by atoms with Crippen molar-refractivity contribution >= 4 is 11.6 Å². The lowest BCUT2D eigenvalue weighted by atomic mass is 10.2. The Hall–Kier alpha value is -0.650. The van der Waals surface area contributed by atoms with Crippen LogP contribution in [0.25, 0.3) is 0 Å². The highest BCUT2D eigenvalue weighted by atomic mass is 35.5. The predicted molar refractivity (Wildman–Crippen MR) is 85.7 cm³/mol. The summed E-state index contributed by atoms with van der Waals surface area (Å²) in [6.45, 7) is 6.66. The Kier molecular flexibility index (Phi) is 8.88. The van der Waals surface area contributed by atoms with Crippen molar-refractivity contribution in [3.8, 4) is 0 Å². The van der Waals surface area contributed by atoms with Crippen molar-refractivity contribution in [3.63, 3.8) is 0 Å². The monoisotopic (exact) mass is 315 g/mol. The molecule has 1 aromatic rings. The molecule has 0 heterocycles. The molecule has 0 radical (unpaired) electrons. The first-order valence-electron chi connectivity index (χ1n) is 7.27. The number of aliphatic hydroxyl groups is 1. The molecule has 120 valence electrons. The first-order chi connectivity index (χ1) is 9.97. The molecule has 4 nitrogen and oxygen atoms in total. The van der Waals surface area contributed by atoms with Gasteiger partial charge in [-0.1, -0.05) is 23.7 Å². The topological polar surface area (TPSA) is 41.9 Å². The molecule has 0 saturated heterocycles. The minimum absolute atomic E-state index is 0.211. The first kappa shape index (κ1) is 18.4. The van der Waals surface area contributed by atoms with E-state index in [4.69, 9.17) is 21.1 Å². The van der Waals surface area contributed by atoms with Crippen molar-refractivity contribution in [3.05, 3.63) is 34.9 Å². The van der Waals surface area contributed by atoms with Gasteiger partial charge in [-0.25, -0.2) is 0 Å². The molecule has 0 spiro atoms. The van der Waals surface area contributed by atoms with E-state index in [1.165, 1.54) is 0 Å². The standard InChI is InChI=1S/C16H26ClNO3/c1-13(2)21-8-7-20-12-16(19)11-18(3)10-14-5-4-6-15(17)9-14/h4-6,9,13,16,19H,7-8,10-12H2,1-3H3/t16-/m0/s1. The van der Waals surface area contributed by atoms with Gasteiger partial charge in [0.25, 0.3) is 0 Å². The lowest BCUT2D eigenvalue weighted by molar-refractivity contribution is -0.0174. The third-order valence-corrected chi connectivity index (χ3v) is 3.09. The van der Waals surface area contributed by atoms with Gasteiger partial charge in [0.05, 0.1) is 32.0 Å². The first-order valence-corrected chi connectivity index (χ1v) is 7.65. The van der Waals surface area contributed by atoms with Crippen LogP contribution in [0.3, 0.4) is 0 Å². The summed E-state index contributed by atoms with van der Waals surface area (Å²) in [5, 5.41) is 10.7. The quantitative estimate of drug-likeness (QED) is 0.674. The number of halogens is 1. The summed E-state index contributed by atoms with van der Waals surface area (Å²) >= 11 is 5.95. The molecule has 0 amide bonds. The highest BCUT2D eigenvalue weighted by molar-refractivity contribution is 6.30. The predicted octanol–water partition coefficient (Wildman–Crippen LogP) is 2.57. The smallest absolute Gasteiger partial charge is 0.0900 e. The van der Waals surface area contributed by atoms with Gasteiger partial charge in [0.1, 0.15) is 0 Å². The minimum atomic E-state index is -0.506. The maximum absolute atomic E-state index is 9.93. The molecule has 0 unspecified atom stereocenters. The van der Waals surface area contributed by atoms with Gasteiger partial charge in [0.2, 0.25) is 0 Å². The van der Waals surface area contributed by atoms with Crippen molar-refractivity contribution in [2.45, 2.75) is 32.6 Å². The lowest BCUT2D eigenvalue weighted by Gasteiger charge is -2.20. The summed E-state index contributed by atoms with van der Waals surface area (Å²) in [7, 11) is 1.96. The van der Waals surface area contributed by atoms with E-state index < -0.39 is 6.10 Å². The van der Waals surface area contributed by atoms with Crippen LogP contribution < -0.4 is 0 Å². The number of ether oxygens (including phenoxy) is 2. The normalized spacial score (nSPS) is 13.1. The zero-order valence-corrected chi connectivity index (χ0v) is 13.8. The Morgan fingerprint density at radius 3 is 2.71 bits per heavy atom. The zero-order valence-electron chi connectivity index (χ0n) is 13.1. The van der Waals surface area contributed by atoms with Gasteiger partial charge in [0.15, 0.2) is 0 Å². The molecule has 0 aromatic heterocycles. The van der Waals surface area contributed by atoms with Crippen molar-refractivity contribution in [2.24, 2.45) is 0 Å². The van der Waals surface area contributed by atoms with E-state index in [1.807, 2.05) is 50.1 Å². The van der Waals surface area contributed by atoms with E-state index in [0.717, 1.165) is 17.1 Å². The van der Waals surface area contributed by atoms with Crippen LogP contribution in [-0.4, -0.2) is 55.6 Å². The molecule has 0 fully saturated rings. The highest BCUT2D eigenvalue weighted by Crippen LogP contribution is 2.12. The second-order valence-electron chi connectivity index (χ2n) is 5.47. The second-order valence-corrected chi connectivity index (χ2v) is 5.91. The fourth-order valence-corrected chi connectivity index (χ4v) is 2.20. The Morgan fingerprint density at radius 1 is 1.29 bits per heavy atom. The molecule has 0 aliphatic heterocycles. The zero-order chi connectivity index (χ0) is 15.7. The molecule has 1 N–H and O–H groups in total. The maximum atomic E-state index is 9.93. The fourth-order valence-electron chi connectivity index (χ4n) is 1.99. The summed E-state index contributed by atoms with van der Waals surface area (Å²) in [6, 6.07) is 7.74. The van der Waals surface area contributed by atoms with Gasteiger partial charge >= 0.3 is 0 Å². The van der Waals surface area contributed by atoms with Crippen molar-refractivity contribution in [2.75, 3.05) is 33.4 Å². The molecule has 5 heteroatoms. The molecule has 0 aliphatic carbocycles.